The van der Waals surface area contributed by atoms with Gasteiger partial charge in [0.2, 0.25) is 0 Å². The predicted molar refractivity (Wildman–Crippen MR) is 45.9 cm³/mol. The molecule has 0 radical (unpaired) electrons. The van der Waals surface area contributed by atoms with Crippen LogP contribution in [0.25, 0.3) is 0 Å². The van der Waals surface area contributed by atoms with Crippen LogP contribution in [0.5, 0.6) is 0 Å². The first-order valence-corrected chi connectivity index (χ1v) is 4.29. The van der Waals surface area contributed by atoms with E-state index >= 15 is 0 Å². The van der Waals surface area contributed by atoms with E-state index in [1.165, 1.54) is 0 Å². The molecule has 5 nitrogen and oxygen atoms in total. The highest BCUT2D eigenvalue weighted by Crippen LogP contribution is 2.20. The van der Waals surface area contributed by atoms with E-state index in [0.717, 1.165) is 31.6 Å². The number of anilines is 1. The second kappa shape index (κ2) is 2.98. The van der Waals surface area contributed by atoms with E-state index in [9.17, 15) is 5.21 Å². The number of H-pyrrole nitrogens is 1. The summed E-state index contributed by atoms with van der Waals surface area (Å²) in [6.45, 7) is 1.87. The largest absolute Gasteiger partial charge is 0.595 e. The summed E-state index contributed by atoms with van der Waals surface area (Å²) in [6, 6.07) is 1.90. The van der Waals surface area contributed by atoms with Crippen molar-refractivity contribution in [3.8, 4) is 6.07 Å². The Morgan fingerprint density at radius 1 is 1.54 bits per heavy atom. The number of nitriles is 1. The van der Waals surface area contributed by atoms with E-state index in [1.807, 2.05) is 6.07 Å². The van der Waals surface area contributed by atoms with Gasteiger partial charge in [0.05, 0.1) is 6.20 Å². The maximum Gasteiger partial charge on any atom is 0.343 e. The molecule has 0 spiro atoms. The summed E-state index contributed by atoms with van der Waals surface area (Å²) < 4.78 is 0. The molecule has 0 bridgehead atoms. The van der Waals surface area contributed by atoms with Crippen molar-refractivity contribution in [2.75, 3.05) is 18.0 Å². The predicted octanol–water partition coefficient (Wildman–Crippen LogP) is 0.120. The fourth-order valence-electron chi connectivity index (χ4n) is 1.66. The van der Waals surface area contributed by atoms with E-state index in [4.69, 9.17) is 5.26 Å². The highest BCUT2D eigenvalue weighted by Gasteiger charge is 2.22. The molecule has 0 aromatic carbocycles. The van der Waals surface area contributed by atoms with Gasteiger partial charge in [-0.25, -0.2) is 0 Å². The highest BCUT2D eigenvalue weighted by atomic mass is 16.5. The van der Waals surface area contributed by atoms with Crippen LogP contribution in [0.1, 0.15) is 18.5 Å². The summed E-state index contributed by atoms with van der Waals surface area (Å²) >= 11 is 0. The molecule has 1 fully saturated rings. The summed E-state index contributed by atoms with van der Waals surface area (Å²) in [7, 11) is 0. The lowest BCUT2D eigenvalue weighted by molar-refractivity contribution is -0.666. The Kier molecular flexibility index (Phi) is 1.81. The summed E-state index contributed by atoms with van der Waals surface area (Å²) in [6.07, 6.45) is 3.86. The third-order valence-corrected chi connectivity index (χ3v) is 2.32. The van der Waals surface area contributed by atoms with Crippen molar-refractivity contribution in [2.45, 2.75) is 12.8 Å². The van der Waals surface area contributed by atoms with Crippen molar-refractivity contribution in [1.29, 1.82) is 5.26 Å². The first kappa shape index (κ1) is 7.92. The number of aromatic nitrogens is 2. The normalized spacial score (nSPS) is 16.1. The maximum absolute atomic E-state index is 11.0. The zero-order valence-electron chi connectivity index (χ0n) is 7.16. The van der Waals surface area contributed by atoms with Crippen molar-refractivity contribution in [3.63, 3.8) is 0 Å². The average molecular weight is 178 g/mol. The summed E-state index contributed by atoms with van der Waals surface area (Å²) in [5.41, 5.74) is 0.900. The Morgan fingerprint density at radius 3 is 2.85 bits per heavy atom. The molecular weight excluding hydrogens is 168 g/mol. The van der Waals surface area contributed by atoms with Gasteiger partial charge in [0.15, 0.2) is 6.07 Å². The zero-order chi connectivity index (χ0) is 9.26. The molecule has 2 heterocycles. The molecule has 13 heavy (non-hydrogen) atoms. The van der Waals surface area contributed by atoms with Gasteiger partial charge in [0.1, 0.15) is 5.69 Å². The fourth-order valence-corrected chi connectivity index (χ4v) is 1.66. The Morgan fingerprint density at radius 2 is 2.23 bits per heavy atom. The molecular formula is C8H10N4O. The van der Waals surface area contributed by atoms with Crippen LogP contribution < -0.4 is 9.75 Å². The second-order valence-corrected chi connectivity index (χ2v) is 3.11. The van der Waals surface area contributed by atoms with Gasteiger partial charge < -0.3 is 10.1 Å². The van der Waals surface area contributed by atoms with Crippen LogP contribution in [0.3, 0.4) is 0 Å². The van der Waals surface area contributed by atoms with Crippen molar-refractivity contribution >= 4 is 5.69 Å². The van der Waals surface area contributed by atoms with E-state index in [1.54, 1.807) is 6.20 Å². The number of hydrogen-bond donors (Lipinski definition) is 1. The van der Waals surface area contributed by atoms with Gasteiger partial charge in [-0.1, -0.05) is 4.85 Å². The summed E-state index contributed by atoms with van der Waals surface area (Å²) in [5, 5.41) is 22.2. The number of nitrogens with one attached hydrogen (secondary N) is 1. The second-order valence-electron chi connectivity index (χ2n) is 3.11. The number of nitrogens with zero attached hydrogens (tertiary/aromatic N) is 3. The monoisotopic (exact) mass is 178 g/mol. The van der Waals surface area contributed by atoms with Crippen molar-refractivity contribution < 1.29 is 4.85 Å². The Hall–Kier alpha value is -1.70. The molecule has 1 aromatic heterocycles. The van der Waals surface area contributed by atoms with Gasteiger partial charge >= 0.3 is 5.69 Å². The quantitative estimate of drug-likeness (QED) is 0.490. The number of hydrogen-bond acceptors (Lipinski definition) is 3. The molecule has 1 aromatic rings. The molecule has 5 heteroatoms. The molecule has 2 rings (SSSR count). The third kappa shape index (κ3) is 1.20. The summed E-state index contributed by atoms with van der Waals surface area (Å²) in [4.78, 5) is 2.57. The van der Waals surface area contributed by atoms with Gasteiger partial charge in [-0.3, -0.25) is 0 Å². The molecule has 0 amide bonds. The molecule has 0 unspecified atom stereocenters. The molecule has 0 aliphatic carbocycles. The van der Waals surface area contributed by atoms with Crippen LogP contribution in [-0.4, -0.2) is 18.2 Å². The van der Waals surface area contributed by atoms with Crippen molar-refractivity contribution in [1.82, 2.24) is 5.10 Å². The topological polar surface area (TPSA) is 69.8 Å². The van der Waals surface area contributed by atoms with Crippen molar-refractivity contribution in [2.24, 2.45) is 0 Å². The van der Waals surface area contributed by atoms with Gasteiger partial charge in [0, 0.05) is 13.1 Å². The third-order valence-electron chi connectivity index (χ3n) is 2.32. The molecule has 1 N–H and O–H groups in total. The highest BCUT2D eigenvalue weighted by molar-refractivity contribution is 5.52. The van der Waals surface area contributed by atoms with Crippen molar-refractivity contribution in [3.05, 3.63) is 17.1 Å². The van der Waals surface area contributed by atoms with Gasteiger partial charge in [-0.05, 0) is 12.8 Å². The van der Waals surface area contributed by atoms with E-state index in [-0.39, 0.29) is 5.69 Å². The lowest BCUT2D eigenvalue weighted by Crippen LogP contribution is -2.32. The maximum atomic E-state index is 11.0. The standard InChI is InChI=1S/C8H10N4O/c9-5-7-8(6-10-12(7)13)11-3-1-2-4-11/h6,10H,1-4H2. The zero-order valence-corrected chi connectivity index (χ0v) is 7.16. The lowest BCUT2D eigenvalue weighted by atomic mass is 10.3. The van der Waals surface area contributed by atoms with Crippen LogP contribution in [0.15, 0.2) is 6.20 Å². The Bertz CT molecular complexity index is 346. The SMILES string of the molecule is N#Cc1c(N2CCCC2)c[nH][n+]1[O-]. The van der Waals surface area contributed by atoms with E-state index < -0.39 is 0 Å². The molecule has 0 saturated carbocycles. The van der Waals surface area contributed by atoms with Gasteiger partial charge in [0.25, 0.3) is 0 Å². The lowest BCUT2D eigenvalue weighted by Gasteiger charge is -2.12. The first-order chi connectivity index (χ1) is 6.33. The molecule has 0 atom stereocenters. The molecule has 68 valence electrons. The first-order valence-electron chi connectivity index (χ1n) is 4.29. The molecule has 1 saturated heterocycles. The number of aromatic amines is 1. The van der Waals surface area contributed by atoms with Crippen LogP contribution in [0.2, 0.25) is 0 Å². The smallest absolute Gasteiger partial charge is 0.343 e. The average Bonchev–Trinajstić information content (AvgIpc) is 2.71. The number of rotatable bonds is 1. The Labute approximate surface area is 75.8 Å². The van der Waals surface area contributed by atoms with Crippen LogP contribution >= 0.6 is 0 Å². The molecule has 1 aliphatic heterocycles. The minimum absolute atomic E-state index is 0.168. The van der Waals surface area contributed by atoms with Gasteiger partial charge in [-0.15, -0.1) is 0 Å². The van der Waals surface area contributed by atoms with Crippen LogP contribution in [0, 0.1) is 16.5 Å². The minimum atomic E-state index is 0.168. The Balaban J connectivity index is 2.34. The molecule has 1 aliphatic rings. The summed E-state index contributed by atoms with van der Waals surface area (Å²) in [5.74, 6) is 0. The minimum Gasteiger partial charge on any atom is -0.595 e. The van der Waals surface area contributed by atoms with E-state index in [0.29, 0.717) is 4.85 Å². The van der Waals surface area contributed by atoms with Crippen LogP contribution in [0.4, 0.5) is 5.69 Å². The fraction of sp³-hybridized carbons (Fsp3) is 0.500. The van der Waals surface area contributed by atoms with E-state index in [2.05, 4.69) is 10.00 Å². The van der Waals surface area contributed by atoms with Crippen LogP contribution in [-0.2, 0) is 0 Å². The van der Waals surface area contributed by atoms with Gasteiger partial charge in [-0.2, -0.15) is 10.4 Å².